The van der Waals surface area contributed by atoms with Crippen molar-refractivity contribution < 1.29 is 0 Å². The normalized spacial score (nSPS) is 12.6. The van der Waals surface area contributed by atoms with Gasteiger partial charge in [0.2, 0.25) is 0 Å². The Hall–Kier alpha value is -1.39. The summed E-state index contributed by atoms with van der Waals surface area (Å²) in [5, 5.41) is 4.64. The number of thiazole rings is 1. The number of aromatic nitrogens is 1. The van der Waals surface area contributed by atoms with Crippen LogP contribution in [0.15, 0.2) is 24.3 Å². The molecule has 1 atom stereocenters. The second-order valence-corrected chi connectivity index (χ2v) is 5.76. The molecule has 0 fully saturated rings. The van der Waals surface area contributed by atoms with Crippen molar-refractivity contribution in [3.05, 3.63) is 45.4 Å². The van der Waals surface area contributed by atoms with E-state index in [-0.39, 0.29) is 0 Å². The minimum atomic E-state index is 0.317. The van der Waals surface area contributed by atoms with Gasteiger partial charge in [0, 0.05) is 23.2 Å². The molecule has 0 saturated heterocycles. The van der Waals surface area contributed by atoms with E-state index < -0.39 is 0 Å². The first-order valence-corrected chi connectivity index (χ1v) is 6.89. The van der Waals surface area contributed by atoms with Crippen molar-refractivity contribution in [2.45, 2.75) is 33.4 Å². The average Bonchev–Trinajstić information content (AvgIpc) is 2.66. The molecule has 2 aromatic rings. The molecule has 0 aliphatic rings. The quantitative estimate of drug-likeness (QED) is 0.831. The Morgan fingerprint density at radius 3 is 2.78 bits per heavy atom. The van der Waals surface area contributed by atoms with Gasteiger partial charge in [-0.1, -0.05) is 12.1 Å². The molecule has 4 heteroatoms. The molecule has 0 aliphatic carbocycles. The first-order chi connectivity index (χ1) is 8.56. The SMILES string of the molecule is Cc1nc(C)c(C(C)NCc2cccc(N)c2)s1. The number of hydrogen-bond donors (Lipinski definition) is 2. The van der Waals surface area contributed by atoms with Crippen LogP contribution in [0.4, 0.5) is 5.69 Å². The number of nitrogen functional groups attached to an aromatic ring is 1. The van der Waals surface area contributed by atoms with Crippen LogP contribution in [0, 0.1) is 13.8 Å². The van der Waals surface area contributed by atoms with Crippen LogP contribution in [-0.2, 0) is 6.54 Å². The molecule has 0 aliphatic heterocycles. The number of rotatable bonds is 4. The van der Waals surface area contributed by atoms with E-state index in [1.165, 1.54) is 10.4 Å². The summed E-state index contributed by atoms with van der Waals surface area (Å²) in [7, 11) is 0. The minimum Gasteiger partial charge on any atom is -0.399 e. The topological polar surface area (TPSA) is 50.9 Å². The van der Waals surface area contributed by atoms with Crippen molar-refractivity contribution >= 4 is 17.0 Å². The molecule has 1 aromatic carbocycles. The predicted molar refractivity (Wildman–Crippen MR) is 77.7 cm³/mol. The number of benzene rings is 1. The molecule has 3 N–H and O–H groups in total. The van der Waals surface area contributed by atoms with Gasteiger partial charge in [-0.15, -0.1) is 11.3 Å². The minimum absolute atomic E-state index is 0.317. The van der Waals surface area contributed by atoms with Crippen molar-refractivity contribution in [3.8, 4) is 0 Å². The summed E-state index contributed by atoms with van der Waals surface area (Å²) in [5.41, 5.74) is 8.92. The molecule has 0 amide bonds. The summed E-state index contributed by atoms with van der Waals surface area (Å²) in [6.45, 7) is 7.11. The molecule has 1 aromatic heterocycles. The Balaban J connectivity index is 2.00. The van der Waals surface area contributed by atoms with Crippen molar-refractivity contribution in [3.63, 3.8) is 0 Å². The highest BCUT2D eigenvalue weighted by Crippen LogP contribution is 2.24. The number of nitrogens with zero attached hydrogens (tertiary/aromatic N) is 1. The second kappa shape index (κ2) is 5.50. The maximum absolute atomic E-state index is 5.77. The van der Waals surface area contributed by atoms with Crippen LogP contribution in [0.1, 0.15) is 34.1 Å². The lowest BCUT2D eigenvalue weighted by Gasteiger charge is -2.13. The monoisotopic (exact) mass is 261 g/mol. The van der Waals surface area contributed by atoms with Crippen molar-refractivity contribution in [2.75, 3.05) is 5.73 Å². The van der Waals surface area contributed by atoms with Gasteiger partial charge >= 0.3 is 0 Å². The molecule has 1 heterocycles. The van der Waals surface area contributed by atoms with E-state index in [0.717, 1.165) is 22.9 Å². The van der Waals surface area contributed by atoms with Gasteiger partial charge in [-0.25, -0.2) is 4.98 Å². The molecule has 0 saturated carbocycles. The van der Waals surface area contributed by atoms with Crippen LogP contribution in [-0.4, -0.2) is 4.98 Å². The van der Waals surface area contributed by atoms with E-state index in [2.05, 4.69) is 30.2 Å². The van der Waals surface area contributed by atoms with Gasteiger partial charge in [0.05, 0.1) is 10.7 Å². The smallest absolute Gasteiger partial charge is 0.0900 e. The van der Waals surface area contributed by atoms with E-state index in [1.807, 2.05) is 25.1 Å². The number of nitrogens with one attached hydrogen (secondary N) is 1. The van der Waals surface area contributed by atoms with Crippen LogP contribution in [0.3, 0.4) is 0 Å². The standard InChI is InChI=1S/C14H19N3S/c1-9(14-10(2)17-11(3)18-14)16-8-12-5-4-6-13(15)7-12/h4-7,9,16H,8,15H2,1-3H3. The molecular formula is C14H19N3S. The van der Waals surface area contributed by atoms with Crippen molar-refractivity contribution in [2.24, 2.45) is 0 Å². The van der Waals surface area contributed by atoms with Crippen LogP contribution in [0.5, 0.6) is 0 Å². The lowest BCUT2D eigenvalue weighted by Crippen LogP contribution is -2.17. The number of hydrogen-bond acceptors (Lipinski definition) is 4. The fraction of sp³-hybridized carbons (Fsp3) is 0.357. The lowest BCUT2D eigenvalue weighted by molar-refractivity contribution is 0.579. The Morgan fingerprint density at radius 1 is 1.39 bits per heavy atom. The van der Waals surface area contributed by atoms with Gasteiger partial charge in [0.1, 0.15) is 0 Å². The summed E-state index contributed by atoms with van der Waals surface area (Å²) in [4.78, 5) is 5.78. The third kappa shape index (κ3) is 3.09. The van der Waals surface area contributed by atoms with Gasteiger partial charge in [0.15, 0.2) is 0 Å². The molecule has 0 bridgehead atoms. The molecular weight excluding hydrogens is 242 g/mol. The van der Waals surface area contributed by atoms with Gasteiger partial charge < -0.3 is 11.1 Å². The summed E-state index contributed by atoms with van der Waals surface area (Å²) in [6, 6.07) is 8.30. The Labute approximate surface area is 112 Å². The third-order valence-electron chi connectivity index (χ3n) is 2.90. The lowest BCUT2D eigenvalue weighted by atomic mass is 10.2. The zero-order valence-electron chi connectivity index (χ0n) is 11.0. The predicted octanol–water partition coefficient (Wildman–Crippen LogP) is 3.19. The molecule has 1 unspecified atom stereocenters. The van der Waals surface area contributed by atoms with Gasteiger partial charge in [-0.2, -0.15) is 0 Å². The second-order valence-electron chi connectivity index (χ2n) is 4.53. The van der Waals surface area contributed by atoms with Crippen LogP contribution < -0.4 is 11.1 Å². The van der Waals surface area contributed by atoms with E-state index in [4.69, 9.17) is 5.73 Å². The van der Waals surface area contributed by atoms with Gasteiger partial charge in [0.25, 0.3) is 0 Å². The summed E-state index contributed by atoms with van der Waals surface area (Å²) < 4.78 is 0. The van der Waals surface area contributed by atoms with E-state index in [0.29, 0.717) is 6.04 Å². The summed E-state index contributed by atoms with van der Waals surface area (Å²) in [6.07, 6.45) is 0. The molecule has 0 radical (unpaired) electrons. The molecule has 96 valence electrons. The Kier molecular flexibility index (Phi) is 3.99. The zero-order valence-corrected chi connectivity index (χ0v) is 11.8. The number of anilines is 1. The molecule has 3 nitrogen and oxygen atoms in total. The van der Waals surface area contributed by atoms with Gasteiger partial charge in [-0.3, -0.25) is 0 Å². The third-order valence-corrected chi connectivity index (χ3v) is 4.15. The maximum atomic E-state index is 5.77. The summed E-state index contributed by atoms with van der Waals surface area (Å²) >= 11 is 1.76. The highest BCUT2D eigenvalue weighted by atomic mass is 32.1. The molecule has 18 heavy (non-hydrogen) atoms. The Bertz CT molecular complexity index is 534. The summed E-state index contributed by atoms with van der Waals surface area (Å²) in [5.74, 6) is 0. The molecule has 2 rings (SSSR count). The zero-order chi connectivity index (χ0) is 13.1. The molecule has 0 spiro atoms. The first-order valence-electron chi connectivity index (χ1n) is 6.08. The van der Waals surface area contributed by atoms with Crippen LogP contribution >= 0.6 is 11.3 Å². The van der Waals surface area contributed by atoms with Crippen molar-refractivity contribution in [1.29, 1.82) is 0 Å². The fourth-order valence-electron chi connectivity index (χ4n) is 2.02. The van der Waals surface area contributed by atoms with E-state index in [1.54, 1.807) is 11.3 Å². The fourth-order valence-corrected chi connectivity index (χ4v) is 2.97. The first kappa shape index (κ1) is 13.1. The van der Waals surface area contributed by atoms with E-state index in [9.17, 15) is 0 Å². The number of aryl methyl sites for hydroxylation is 2. The maximum Gasteiger partial charge on any atom is 0.0900 e. The van der Waals surface area contributed by atoms with Crippen molar-refractivity contribution in [1.82, 2.24) is 10.3 Å². The highest BCUT2D eigenvalue weighted by molar-refractivity contribution is 7.11. The van der Waals surface area contributed by atoms with Crippen LogP contribution in [0.2, 0.25) is 0 Å². The van der Waals surface area contributed by atoms with Crippen LogP contribution in [0.25, 0.3) is 0 Å². The van der Waals surface area contributed by atoms with E-state index >= 15 is 0 Å². The van der Waals surface area contributed by atoms with Gasteiger partial charge in [-0.05, 0) is 38.5 Å². The Morgan fingerprint density at radius 2 is 2.17 bits per heavy atom. The number of nitrogens with two attached hydrogens (primary N) is 1. The largest absolute Gasteiger partial charge is 0.399 e. The average molecular weight is 261 g/mol. The highest BCUT2D eigenvalue weighted by Gasteiger charge is 2.12.